The predicted molar refractivity (Wildman–Crippen MR) is 30.7 cm³/mol. The smallest absolute Gasteiger partial charge is 1.00 e. The van der Waals surface area contributed by atoms with E-state index >= 15 is 0 Å². The van der Waals surface area contributed by atoms with Gasteiger partial charge in [0.15, 0.2) is 0 Å². The molecule has 0 unspecified atom stereocenters. The van der Waals surface area contributed by atoms with E-state index in [4.69, 9.17) is 36.8 Å². The second-order valence-electron chi connectivity index (χ2n) is 0.961. The molecular formula is H7KNaO8PS. The molecule has 0 aliphatic carbocycles. The molecule has 5 N–H and O–H groups in total. The standard InChI is InChI=1S/K.Na.H3O4P.H2O4S.2H/c;;2*1-5(2,3)4;;/h;;(H3,1,2,3,4);(H2,1,2,3,4);;/q2*+1;;;2*-1. The van der Waals surface area contributed by atoms with Crippen LogP contribution in [0.4, 0.5) is 0 Å². The molecule has 0 fully saturated rings. The molecule has 12 heavy (non-hydrogen) atoms. The van der Waals surface area contributed by atoms with E-state index in [0.717, 1.165) is 0 Å². The summed E-state index contributed by atoms with van der Waals surface area (Å²) in [5, 5.41) is 0. The Morgan fingerprint density at radius 2 is 1.08 bits per heavy atom. The maximum atomic E-state index is 8.88. The van der Waals surface area contributed by atoms with Crippen molar-refractivity contribution in [2.24, 2.45) is 0 Å². The molecule has 0 spiro atoms. The van der Waals surface area contributed by atoms with Gasteiger partial charge in [-0.25, -0.2) is 4.57 Å². The van der Waals surface area contributed by atoms with Gasteiger partial charge in [0.2, 0.25) is 0 Å². The van der Waals surface area contributed by atoms with Crippen LogP contribution in [0.3, 0.4) is 0 Å². The number of hydrogen-bond donors (Lipinski definition) is 5. The largest absolute Gasteiger partial charge is 1.00 e. The fraction of sp³-hybridized carbons (Fsp3) is 0. The first-order valence-electron chi connectivity index (χ1n) is 1.48. The summed E-state index contributed by atoms with van der Waals surface area (Å²) in [7, 11) is -9.31. The summed E-state index contributed by atoms with van der Waals surface area (Å²) in [5.74, 6) is 0. The number of hydrogen-bond acceptors (Lipinski definition) is 3. The van der Waals surface area contributed by atoms with E-state index in [1.807, 2.05) is 0 Å². The zero-order chi connectivity index (χ0) is 9.00. The van der Waals surface area contributed by atoms with Crippen molar-refractivity contribution in [1.82, 2.24) is 0 Å². The first-order chi connectivity index (χ1) is 4.00. The van der Waals surface area contributed by atoms with Crippen molar-refractivity contribution in [3.8, 4) is 0 Å². The van der Waals surface area contributed by atoms with Crippen LogP contribution in [0.1, 0.15) is 2.85 Å². The van der Waals surface area contributed by atoms with Gasteiger partial charge >= 0.3 is 99.2 Å². The second kappa shape index (κ2) is 10.1. The van der Waals surface area contributed by atoms with Gasteiger partial charge < -0.3 is 17.5 Å². The van der Waals surface area contributed by atoms with Gasteiger partial charge in [0, 0.05) is 0 Å². The molecule has 0 amide bonds. The van der Waals surface area contributed by atoms with Crippen LogP contribution in [0.15, 0.2) is 0 Å². The molecule has 0 aromatic heterocycles. The van der Waals surface area contributed by atoms with Crippen LogP contribution in [-0.2, 0) is 15.0 Å². The summed E-state index contributed by atoms with van der Waals surface area (Å²) >= 11 is 0. The third kappa shape index (κ3) is 249. The van der Waals surface area contributed by atoms with Gasteiger partial charge in [-0.15, -0.1) is 0 Å². The van der Waals surface area contributed by atoms with Gasteiger partial charge in [0.1, 0.15) is 0 Å². The summed E-state index contributed by atoms with van der Waals surface area (Å²) in [4.78, 5) is 21.6. The third-order valence-corrected chi connectivity index (χ3v) is 0. The summed E-state index contributed by atoms with van der Waals surface area (Å²) < 4.78 is 40.5. The van der Waals surface area contributed by atoms with Crippen molar-refractivity contribution >= 4 is 18.2 Å². The maximum Gasteiger partial charge on any atom is 1.00 e. The van der Waals surface area contributed by atoms with Crippen LogP contribution < -0.4 is 80.9 Å². The minimum Gasteiger partial charge on any atom is -1.00 e. The minimum atomic E-state index is -4.67. The summed E-state index contributed by atoms with van der Waals surface area (Å²) in [6.45, 7) is 0. The maximum absolute atomic E-state index is 8.88. The monoisotopic (exact) mass is 260 g/mol. The van der Waals surface area contributed by atoms with Crippen LogP contribution in [0.25, 0.3) is 0 Å². The third-order valence-electron chi connectivity index (χ3n) is 0. The van der Waals surface area contributed by atoms with E-state index < -0.39 is 18.2 Å². The molecule has 0 heterocycles. The zero-order valence-electron chi connectivity index (χ0n) is 8.32. The topological polar surface area (TPSA) is 152 Å². The van der Waals surface area contributed by atoms with Gasteiger partial charge in [-0.3, -0.25) is 9.11 Å². The van der Waals surface area contributed by atoms with Gasteiger partial charge in [0.25, 0.3) is 0 Å². The Bertz CT molecular complexity index is 205. The number of phosphoric acid groups is 1. The molecule has 8 nitrogen and oxygen atoms in total. The van der Waals surface area contributed by atoms with Crippen LogP contribution in [0, 0.1) is 0 Å². The van der Waals surface area contributed by atoms with E-state index in [0.29, 0.717) is 0 Å². The Kier molecular flexibility index (Phi) is 20.3. The first-order valence-corrected chi connectivity index (χ1v) is 4.44. The molecule has 0 bridgehead atoms. The summed E-state index contributed by atoms with van der Waals surface area (Å²) in [6.07, 6.45) is 0. The predicted octanol–water partition coefficient (Wildman–Crippen LogP) is -7.35. The fourth-order valence-corrected chi connectivity index (χ4v) is 0. The second-order valence-corrected chi connectivity index (χ2v) is 2.88. The molecule has 0 saturated carbocycles. The quantitative estimate of drug-likeness (QED) is 0.163. The van der Waals surface area contributed by atoms with Crippen LogP contribution >= 0.6 is 7.82 Å². The van der Waals surface area contributed by atoms with E-state index in [-0.39, 0.29) is 83.8 Å². The molecule has 12 heteroatoms. The zero-order valence-corrected chi connectivity index (χ0v) is 13.2. The first kappa shape index (κ1) is 24.0. The molecule has 0 rings (SSSR count). The minimum absolute atomic E-state index is 0. The van der Waals surface area contributed by atoms with Crippen molar-refractivity contribution in [2.75, 3.05) is 0 Å². The Morgan fingerprint density at radius 1 is 1.08 bits per heavy atom. The van der Waals surface area contributed by atoms with Crippen LogP contribution in [0.5, 0.6) is 0 Å². The number of rotatable bonds is 0. The van der Waals surface area contributed by atoms with E-state index in [1.165, 1.54) is 0 Å². The summed E-state index contributed by atoms with van der Waals surface area (Å²) in [6, 6.07) is 0. The van der Waals surface area contributed by atoms with Crippen molar-refractivity contribution in [2.45, 2.75) is 0 Å². The van der Waals surface area contributed by atoms with Gasteiger partial charge in [-0.2, -0.15) is 8.42 Å². The van der Waals surface area contributed by atoms with E-state index in [1.54, 1.807) is 0 Å². The molecular weight excluding hydrogens is 253 g/mol. The Morgan fingerprint density at radius 3 is 1.08 bits per heavy atom. The average Bonchev–Trinajstić information content (AvgIpc) is 1.12. The van der Waals surface area contributed by atoms with Gasteiger partial charge in [-0.05, 0) is 0 Å². The fourth-order valence-electron chi connectivity index (χ4n) is 0. The molecule has 68 valence electrons. The van der Waals surface area contributed by atoms with Crippen LogP contribution in [-0.4, -0.2) is 32.2 Å². The van der Waals surface area contributed by atoms with Crippen molar-refractivity contribution in [3.05, 3.63) is 0 Å². The molecule has 0 saturated heterocycles. The van der Waals surface area contributed by atoms with E-state index in [9.17, 15) is 0 Å². The average molecular weight is 260 g/mol. The SMILES string of the molecule is O=P(O)(O)O.O=S(=O)(O)O.[H-].[H-].[K+].[Na+]. The van der Waals surface area contributed by atoms with Crippen molar-refractivity contribution in [3.63, 3.8) is 0 Å². The van der Waals surface area contributed by atoms with Gasteiger partial charge in [-0.1, -0.05) is 0 Å². The van der Waals surface area contributed by atoms with Crippen molar-refractivity contribution in [1.29, 1.82) is 0 Å². The molecule has 0 atom stereocenters. The Labute approximate surface area is 136 Å². The molecule has 0 aliphatic rings. The Balaban J connectivity index is -0.0000000178. The van der Waals surface area contributed by atoms with Crippen molar-refractivity contribution < 1.29 is 121 Å². The van der Waals surface area contributed by atoms with E-state index in [2.05, 4.69) is 0 Å². The van der Waals surface area contributed by atoms with Gasteiger partial charge in [0.05, 0.1) is 0 Å². The summed E-state index contributed by atoms with van der Waals surface area (Å²) in [5.41, 5.74) is 0. The van der Waals surface area contributed by atoms with Crippen LogP contribution in [0.2, 0.25) is 0 Å². The molecule has 0 radical (unpaired) electrons. The normalized spacial score (nSPS) is 9.75. The Hall–Kier alpha value is 2.62. The molecule has 0 aromatic rings. The molecule has 0 aliphatic heterocycles. The molecule has 0 aromatic carbocycles.